The SMILES string of the molecule is CCc1c(C)nc(C)nc1N1C[C@H](NC(C)=O)[C@@H](c2ccc(C)o2)C1. The van der Waals surface area contributed by atoms with Crippen molar-refractivity contribution >= 4 is 11.7 Å². The van der Waals surface area contributed by atoms with Gasteiger partial charge in [0.25, 0.3) is 0 Å². The number of hydrogen-bond acceptors (Lipinski definition) is 5. The lowest BCUT2D eigenvalue weighted by Crippen LogP contribution is -2.38. The molecule has 0 saturated carbocycles. The van der Waals surface area contributed by atoms with Crippen LogP contribution in [0.3, 0.4) is 0 Å². The van der Waals surface area contributed by atoms with E-state index in [0.717, 1.165) is 41.8 Å². The quantitative estimate of drug-likeness (QED) is 0.925. The second-order valence-corrected chi connectivity index (χ2v) is 6.78. The maximum Gasteiger partial charge on any atom is 0.217 e. The van der Waals surface area contributed by atoms with Crippen LogP contribution in [0.1, 0.15) is 48.4 Å². The van der Waals surface area contributed by atoms with E-state index in [4.69, 9.17) is 9.40 Å². The Kier molecular flexibility index (Phi) is 4.79. The van der Waals surface area contributed by atoms with Crippen LogP contribution in [-0.2, 0) is 11.2 Å². The van der Waals surface area contributed by atoms with Crippen molar-refractivity contribution in [3.05, 3.63) is 40.7 Å². The first-order valence-corrected chi connectivity index (χ1v) is 8.81. The number of rotatable bonds is 4. The minimum absolute atomic E-state index is 0.00309. The van der Waals surface area contributed by atoms with Crippen LogP contribution < -0.4 is 10.2 Å². The van der Waals surface area contributed by atoms with Crippen molar-refractivity contribution in [1.82, 2.24) is 15.3 Å². The molecule has 0 aliphatic carbocycles. The van der Waals surface area contributed by atoms with Crippen molar-refractivity contribution in [2.45, 2.75) is 53.0 Å². The van der Waals surface area contributed by atoms with E-state index in [1.54, 1.807) is 6.92 Å². The first kappa shape index (κ1) is 17.5. The molecule has 1 aliphatic rings. The number of furan rings is 1. The van der Waals surface area contributed by atoms with Crippen molar-refractivity contribution in [3.63, 3.8) is 0 Å². The van der Waals surface area contributed by atoms with Gasteiger partial charge in [-0.1, -0.05) is 6.92 Å². The van der Waals surface area contributed by atoms with E-state index in [0.29, 0.717) is 6.54 Å². The van der Waals surface area contributed by atoms with Gasteiger partial charge in [-0.05, 0) is 39.3 Å². The largest absolute Gasteiger partial charge is 0.466 e. The van der Waals surface area contributed by atoms with Gasteiger partial charge in [-0.2, -0.15) is 0 Å². The Labute approximate surface area is 148 Å². The van der Waals surface area contributed by atoms with Gasteiger partial charge in [0, 0.05) is 31.3 Å². The molecule has 2 aromatic heterocycles. The van der Waals surface area contributed by atoms with Gasteiger partial charge in [-0.25, -0.2) is 9.97 Å². The van der Waals surface area contributed by atoms with E-state index in [1.807, 2.05) is 32.9 Å². The molecule has 1 aliphatic heterocycles. The molecule has 1 fully saturated rings. The van der Waals surface area contributed by atoms with Gasteiger partial charge in [0.15, 0.2) is 0 Å². The average Bonchev–Trinajstić information content (AvgIpc) is 3.12. The number of carbonyl (C=O) groups excluding carboxylic acids is 1. The number of amides is 1. The molecule has 0 bridgehead atoms. The number of nitrogens with zero attached hydrogens (tertiary/aromatic N) is 3. The number of nitrogens with one attached hydrogen (secondary N) is 1. The van der Waals surface area contributed by atoms with Gasteiger partial charge in [0.05, 0.1) is 12.0 Å². The minimum Gasteiger partial charge on any atom is -0.466 e. The second kappa shape index (κ2) is 6.86. The van der Waals surface area contributed by atoms with Crippen molar-refractivity contribution in [3.8, 4) is 0 Å². The molecule has 6 nitrogen and oxygen atoms in total. The number of aryl methyl sites for hydroxylation is 3. The predicted molar refractivity (Wildman–Crippen MR) is 96.9 cm³/mol. The first-order chi connectivity index (χ1) is 11.9. The molecule has 3 heterocycles. The molecule has 2 atom stereocenters. The van der Waals surface area contributed by atoms with Gasteiger partial charge < -0.3 is 14.6 Å². The zero-order valence-electron chi connectivity index (χ0n) is 15.6. The molecule has 0 radical (unpaired) electrons. The fourth-order valence-corrected chi connectivity index (χ4v) is 3.72. The van der Waals surface area contributed by atoms with E-state index in [9.17, 15) is 4.79 Å². The molecule has 3 rings (SSSR count). The molecule has 1 amide bonds. The molecule has 0 spiro atoms. The number of aromatic nitrogens is 2. The van der Waals surface area contributed by atoms with Gasteiger partial charge in [-0.15, -0.1) is 0 Å². The number of anilines is 1. The van der Waals surface area contributed by atoms with Gasteiger partial charge in [0.2, 0.25) is 5.91 Å². The summed E-state index contributed by atoms with van der Waals surface area (Å²) in [7, 11) is 0. The highest BCUT2D eigenvalue weighted by Gasteiger charge is 2.37. The number of hydrogen-bond donors (Lipinski definition) is 1. The highest BCUT2D eigenvalue weighted by Crippen LogP contribution is 2.33. The first-order valence-electron chi connectivity index (χ1n) is 8.81. The van der Waals surface area contributed by atoms with Crippen LogP contribution in [0.5, 0.6) is 0 Å². The molecule has 25 heavy (non-hydrogen) atoms. The van der Waals surface area contributed by atoms with E-state index in [2.05, 4.69) is 22.1 Å². The summed E-state index contributed by atoms with van der Waals surface area (Å²) < 4.78 is 5.86. The highest BCUT2D eigenvalue weighted by molar-refractivity contribution is 5.73. The summed E-state index contributed by atoms with van der Waals surface area (Å²) in [4.78, 5) is 23.1. The monoisotopic (exact) mass is 342 g/mol. The minimum atomic E-state index is -0.0223. The topological polar surface area (TPSA) is 71.3 Å². The highest BCUT2D eigenvalue weighted by atomic mass is 16.3. The summed E-state index contributed by atoms with van der Waals surface area (Å²) in [6.45, 7) is 11.1. The van der Waals surface area contributed by atoms with Gasteiger partial charge in [0.1, 0.15) is 23.2 Å². The number of carbonyl (C=O) groups is 1. The van der Waals surface area contributed by atoms with Crippen LogP contribution in [0.25, 0.3) is 0 Å². The second-order valence-electron chi connectivity index (χ2n) is 6.78. The molecule has 6 heteroatoms. The zero-order valence-corrected chi connectivity index (χ0v) is 15.6. The van der Waals surface area contributed by atoms with Crippen molar-refractivity contribution in [2.75, 3.05) is 18.0 Å². The third-order valence-electron chi connectivity index (χ3n) is 4.79. The Balaban J connectivity index is 1.95. The Morgan fingerprint density at radius 3 is 2.64 bits per heavy atom. The van der Waals surface area contributed by atoms with Crippen LogP contribution in [0, 0.1) is 20.8 Å². The third kappa shape index (κ3) is 3.52. The lowest BCUT2D eigenvalue weighted by Gasteiger charge is -2.22. The standard InChI is InChI=1S/C19H26N4O2/c1-6-15-12(3)20-13(4)21-19(15)23-9-16(17(10-23)22-14(5)24)18-8-7-11(2)25-18/h7-8,16-17H,6,9-10H2,1-5H3,(H,22,24)/t16-,17-/m0/s1. The van der Waals surface area contributed by atoms with Crippen molar-refractivity contribution in [1.29, 1.82) is 0 Å². The maximum atomic E-state index is 11.7. The van der Waals surface area contributed by atoms with Crippen LogP contribution >= 0.6 is 0 Å². The molecule has 1 N–H and O–H groups in total. The Morgan fingerprint density at radius 2 is 2.04 bits per heavy atom. The maximum absolute atomic E-state index is 11.7. The van der Waals surface area contributed by atoms with Crippen LogP contribution in [0.15, 0.2) is 16.5 Å². The third-order valence-corrected chi connectivity index (χ3v) is 4.79. The smallest absolute Gasteiger partial charge is 0.217 e. The zero-order chi connectivity index (χ0) is 18.1. The predicted octanol–water partition coefficient (Wildman–Crippen LogP) is 2.67. The molecular formula is C19H26N4O2. The van der Waals surface area contributed by atoms with Gasteiger partial charge >= 0.3 is 0 Å². The Bertz CT molecular complexity index is 784. The van der Waals surface area contributed by atoms with E-state index >= 15 is 0 Å². The summed E-state index contributed by atoms with van der Waals surface area (Å²) in [6, 6.07) is 3.98. The average molecular weight is 342 g/mol. The van der Waals surface area contributed by atoms with Crippen LogP contribution in [0.2, 0.25) is 0 Å². The molecule has 2 aromatic rings. The lowest BCUT2D eigenvalue weighted by molar-refractivity contribution is -0.119. The molecule has 1 saturated heterocycles. The van der Waals surface area contributed by atoms with Crippen LogP contribution in [-0.4, -0.2) is 35.0 Å². The summed E-state index contributed by atoms with van der Waals surface area (Å²) >= 11 is 0. The fraction of sp³-hybridized carbons (Fsp3) is 0.526. The molecule has 134 valence electrons. The summed E-state index contributed by atoms with van der Waals surface area (Å²) in [5.74, 6) is 3.65. The van der Waals surface area contributed by atoms with Crippen molar-refractivity contribution < 1.29 is 9.21 Å². The van der Waals surface area contributed by atoms with E-state index < -0.39 is 0 Å². The Morgan fingerprint density at radius 1 is 1.28 bits per heavy atom. The van der Waals surface area contributed by atoms with Crippen LogP contribution in [0.4, 0.5) is 5.82 Å². The molecule has 0 aromatic carbocycles. The summed E-state index contributed by atoms with van der Waals surface area (Å²) in [5, 5.41) is 3.08. The molecule has 0 unspecified atom stereocenters. The summed E-state index contributed by atoms with van der Waals surface area (Å²) in [5.41, 5.74) is 2.20. The van der Waals surface area contributed by atoms with Gasteiger partial charge in [-0.3, -0.25) is 4.79 Å². The lowest BCUT2D eigenvalue weighted by atomic mass is 10.0. The summed E-state index contributed by atoms with van der Waals surface area (Å²) in [6.07, 6.45) is 0.882. The Hall–Kier alpha value is -2.37. The normalized spacial score (nSPS) is 20.1. The van der Waals surface area contributed by atoms with Crippen molar-refractivity contribution in [2.24, 2.45) is 0 Å². The van der Waals surface area contributed by atoms with E-state index in [1.165, 1.54) is 5.56 Å². The van der Waals surface area contributed by atoms with E-state index in [-0.39, 0.29) is 17.9 Å². The fourth-order valence-electron chi connectivity index (χ4n) is 3.72. The molecular weight excluding hydrogens is 316 g/mol.